The first-order valence-electron chi connectivity index (χ1n) is 9.90. The molecule has 0 aliphatic carbocycles. The van der Waals surface area contributed by atoms with E-state index >= 15 is 0 Å². The number of hydrogen-bond acceptors (Lipinski definition) is 5. The van der Waals surface area contributed by atoms with Crippen LogP contribution in [0.15, 0.2) is 70.0 Å². The van der Waals surface area contributed by atoms with Crippen molar-refractivity contribution < 1.29 is 17.3 Å². The molecule has 0 amide bonds. The van der Waals surface area contributed by atoms with Gasteiger partial charge in [-0.25, -0.2) is 0 Å². The Balaban J connectivity index is 2.02. The molecule has 7 heteroatoms. The average Bonchev–Trinajstić information content (AvgIpc) is 2.75. The van der Waals surface area contributed by atoms with Gasteiger partial charge in [0.05, 0.1) is 22.7 Å². The standard InChI is InChI=1S/C25H22BrNO4S/c1-4-30-24-15-19(13-21(16-27)20-9-5-17(2)6-10-20)14-23(26)25(24)31-32(28,29)22-11-7-18(3)8-12-22/h5-15H,4H2,1-3H3/b21-13+. The zero-order chi connectivity index (χ0) is 23.3. The summed E-state index contributed by atoms with van der Waals surface area (Å²) in [4.78, 5) is 0.0487. The fourth-order valence-corrected chi connectivity index (χ4v) is 4.56. The number of hydrogen-bond donors (Lipinski definition) is 0. The van der Waals surface area contributed by atoms with Crippen LogP contribution in [-0.4, -0.2) is 15.0 Å². The Kier molecular flexibility index (Phi) is 7.39. The lowest BCUT2D eigenvalue weighted by Gasteiger charge is -2.15. The first-order valence-corrected chi connectivity index (χ1v) is 12.1. The van der Waals surface area contributed by atoms with E-state index in [1.54, 1.807) is 37.3 Å². The van der Waals surface area contributed by atoms with E-state index in [0.29, 0.717) is 22.2 Å². The van der Waals surface area contributed by atoms with Gasteiger partial charge in [0.15, 0.2) is 11.5 Å². The molecule has 5 nitrogen and oxygen atoms in total. The van der Waals surface area contributed by atoms with E-state index < -0.39 is 10.1 Å². The van der Waals surface area contributed by atoms with Crippen LogP contribution in [0.25, 0.3) is 11.6 Å². The minimum absolute atomic E-state index is 0.0487. The molecule has 0 spiro atoms. The zero-order valence-electron chi connectivity index (χ0n) is 17.9. The molecule has 0 bridgehead atoms. The van der Waals surface area contributed by atoms with Crippen molar-refractivity contribution in [1.29, 1.82) is 5.26 Å². The topological polar surface area (TPSA) is 76.4 Å². The van der Waals surface area contributed by atoms with Crippen molar-refractivity contribution in [2.75, 3.05) is 6.61 Å². The van der Waals surface area contributed by atoms with Crippen molar-refractivity contribution in [3.05, 3.63) is 87.4 Å². The molecule has 0 aliphatic rings. The predicted molar refractivity (Wildman–Crippen MR) is 129 cm³/mol. The van der Waals surface area contributed by atoms with Gasteiger partial charge in [0, 0.05) is 0 Å². The Hall–Kier alpha value is -3.08. The molecule has 3 rings (SSSR count). The summed E-state index contributed by atoms with van der Waals surface area (Å²) in [5, 5.41) is 9.64. The van der Waals surface area contributed by atoms with Crippen LogP contribution in [0.3, 0.4) is 0 Å². The Morgan fingerprint density at radius 1 is 1.03 bits per heavy atom. The summed E-state index contributed by atoms with van der Waals surface area (Å²) in [5.74, 6) is 0.309. The lowest BCUT2D eigenvalue weighted by molar-refractivity contribution is 0.327. The number of halogens is 1. The summed E-state index contributed by atoms with van der Waals surface area (Å²) >= 11 is 3.40. The molecular weight excluding hydrogens is 490 g/mol. The maximum Gasteiger partial charge on any atom is 0.339 e. The van der Waals surface area contributed by atoms with Crippen LogP contribution in [-0.2, 0) is 10.1 Å². The van der Waals surface area contributed by atoms with Gasteiger partial charge in [-0.1, -0.05) is 47.5 Å². The van der Waals surface area contributed by atoms with E-state index in [1.807, 2.05) is 38.1 Å². The monoisotopic (exact) mass is 511 g/mol. The van der Waals surface area contributed by atoms with Crippen LogP contribution < -0.4 is 8.92 Å². The molecule has 0 saturated carbocycles. The number of allylic oxidation sites excluding steroid dienone is 1. The van der Waals surface area contributed by atoms with Gasteiger partial charge in [-0.15, -0.1) is 0 Å². The van der Waals surface area contributed by atoms with E-state index in [0.717, 1.165) is 16.7 Å². The SMILES string of the molecule is CCOc1cc(/C=C(\C#N)c2ccc(C)cc2)cc(Br)c1OS(=O)(=O)c1ccc(C)cc1. The fourth-order valence-electron chi connectivity index (χ4n) is 2.96. The molecule has 0 N–H and O–H groups in total. The minimum Gasteiger partial charge on any atom is -0.490 e. The van der Waals surface area contributed by atoms with Gasteiger partial charge >= 0.3 is 10.1 Å². The van der Waals surface area contributed by atoms with E-state index in [2.05, 4.69) is 22.0 Å². The maximum atomic E-state index is 12.8. The number of rotatable bonds is 7. The Bertz CT molecular complexity index is 1290. The second kappa shape index (κ2) is 10.0. The molecule has 0 atom stereocenters. The van der Waals surface area contributed by atoms with Crippen LogP contribution in [0.4, 0.5) is 0 Å². The molecule has 0 saturated heterocycles. The minimum atomic E-state index is -4.06. The number of nitrogens with zero attached hydrogens (tertiary/aromatic N) is 1. The molecule has 0 heterocycles. The van der Waals surface area contributed by atoms with Crippen molar-refractivity contribution in [2.45, 2.75) is 25.7 Å². The average molecular weight is 512 g/mol. The van der Waals surface area contributed by atoms with Gasteiger partial charge in [0.25, 0.3) is 0 Å². The molecule has 164 valence electrons. The predicted octanol–water partition coefficient (Wildman–Crippen LogP) is 6.30. The summed E-state index contributed by atoms with van der Waals surface area (Å²) < 4.78 is 37.1. The molecule has 0 radical (unpaired) electrons. The lowest BCUT2D eigenvalue weighted by atomic mass is 10.0. The van der Waals surface area contributed by atoms with Gasteiger partial charge < -0.3 is 8.92 Å². The second-order valence-corrected chi connectivity index (χ2v) is 9.55. The Morgan fingerprint density at radius 2 is 1.62 bits per heavy atom. The van der Waals surface area contributed by atoms with Crippen molar-refractivity contribution >= 4 is 37.7 Å². The van der Waals surface area contributed by atoms with Crippen molar-refractivity contribution in [2.24, 2.45) is 0 Å². The van der Waals surface area contributed by atoms with Crippen molar-refractivity contribution in [3.63, 3.8) is 0 Å². The van der Waals surface area contributed by atoms with Crippen LogP contribution >= 0.6 is 15.9 Å². The van der Waals surface area contributed by atoms with Gasteiger partial charge in [-0.3, -0.25) is 0 Å². The third kappa shape index (κ3) is 5.58. The molecular formula is C25H22BrNO4S. The highest BCUT2D eigenvalue weighted by Crippen LogP contribution is 2.39. The van der Waals surface area contributed by atoms with Gasteiger partial charge in [0.1, 0.15) is 4.90 Å². The third-order valence-corrected chi connectivity index (χ3v) is 6.45. The lowest BCUT2D eigenvalue weighted by Crippen LogP contribution is -2.11. The quantitative estimate of drug-likeness (QED) is 0.211. The normalized spacial score (nSPS) is 11.7. The molecule has 0 aromatic heterocycles. The van der Waals surface area contributed by atoms with Gasteiger partial charge in [-0.05, 0) is 78.2 Å². The zero-order valence-corrected chi connectivity index (χ0v) is 20.3. The number of nitriles is 1. The largest absolute Gasteiger partial charge is 0.490 e. The van der Waals surface area contributed by atoms with E-state index in [9.17, 15) is 13.7 Å². The highest BCUT2D eigenvalue weighted by Gasteiger charge is 2.22. The molecule has 3 aromatic carbocycles. The summed E-state index contributed by atoms with van der Waals surface area (Å²) in [6, 6.07) is 19.6. The maximum absolute atomic E-state index is 12.8. The molecule has 0 fully saturated rings. The van der Waals surface area contributed by atoms with Gasteiger partial charge in [0.2, 0.25) is 0 Å². The molecule has 0 aliphatic heterocycles. The van der Waals surface area contributed by atoms with Crippen LogP contribution in [0.1, 0.15) is 29.2 Å². The highest BCUT2D eigenvalue weighted by atomic mass is 79.9. The summed E-state index contributed by atoms with van der Waals surface area (Å²) in [6.07, 6.45) is 1.72. The summed E-state index contributed by atoms with van der Waals surface area (Å²) in [5.41, 5.74) is 3.97. The Labute approximate surface area is 197 Å². The highest BCUT2D eigenvalue weighted by molar-refractivity contribution is 9.10. The summed E-state index contributed by atoms with van der Waals surface area (Å²) in [6.45, 7) is 5.96. The fraction of sp³-hybridized carbons (Fsp3) is 0.160. The Morgan fingerprint density at radius 3 is 2.19 bits per heavy atom. The summed E-state index contributed by atoms with van der Waals surface area (Å²) in [7, 11) is -4.06. The van der Waals surface area contributed by atoms with Crippen LogP contribution in [0.2, 0.25) is 0 Å². The number of ether oxygens (including phenoxy) is 1. The van der Waals surface area contributed by atoms with Crippen LogP contribution in [0.5, 0.6) is 11.5 Å². The second-order valence-electron chi connectivity index (χ2n) is 7.15. The molecule has 3 aromatic rings. The third-order valence-electron chi connectivity index (χ3n) is 4.63. The first-order chi connectivity index (χ1) is 15.2. The van der Waals surface area contributed by atoms with E-state index in [4.69, 9.17) is 8.92 Å². The van der Waals surface area contributed by atoms with Gasteiger partial charge in [-0.2, -0.15) is 13.7 Å². The smallest absolute Gasteiger partial charge is 0.339 e. The van der Waals surface area contributed by atoms with Crippen molar-refractivity contribution in [1.82, 2.24) is 0 Å². The van der Waals surface area contributed by atoms with E-state index in [-0.39, 0.29) is 16.4 Å². The molecule has 0 unspecified atom stereocenters. The number of benzene rings is 3. The first kappa shape index (κ1) is 23.6. The van der Waals surface area contributed by atoms with E-state index in [1.165, 1.54) is 12.1 Å². The van der Waals surface area contributed by atoms with Crippen LogP contribution in [0, 0.1) is 25.2 Å². The number of aryl methyl sites for hydroxylation is 2. The molecule has 32 heavy (non-hydrogen) atoms. The van der Waals surface area contributed by atoms with Crippen molar-refractivity contribution in [3.8, 4) is 17.6 Å².